The predicted octanol–water partition coefficient (Wildman–Crippen LogP) is 0.566. The van der Waals surface area contributed by atoms with Gasteiger partial charge in [0.25, 0.3) is 0 Å². The summed E-state index contributed by atoms with van der Waals surface area (Å²) >= 11 is 0. The van der Waals surface area contributed by atoms with E-state index < -0.39 is 10.0 Å². The van der Waals surface area contributed by atoms with Gasteiger partial charge in [0.1, 0.15) is 4.90 Å². The van der Waals surface area contributed by atoms with Gasteiger partial charge in [-0.05, 0) is 6.42 Å². The van der Waals surface area contributed by atoms with Crippen molar-refractivity contribution in [3.63, 3.8) is 0 Å². The van der Waals surface area contributed by atoms with Crippen LogP contribution in [0.3, 0.4) is 0 Å². The summed E-state index contributed by atoms with van der Waals surface area (Å²) in [5.41, 5.74) is 5.64. The summed E-state index contributed by atoms with van der Waals surface area (Å²) in [6, 6.07) is 0. The Kier molecular flexibility index (Phi) is 6.44. The summed E-state index contributed by atoms with van der Waals surface area (Å²) in [5.74, 6) is -0.0102. The zero-order valence-corrected chi connectivity index (χ0v) is 12.9. The number of unbranched alkanes of at least 4 members (excludes halogenated alkanes) is 3. The summed E-state index contributed by atoms with van der Waals surface area (Å²) in [4.78, 5) is 0.00365. The molecule has 0 bridgehead atoms. The molecule has 1 aromatic rings. The van der Waals surface area contributed by atoms with E-state index in [0.29, 0.717) is 6.54 Å². The van der Waals surface area contributed by atoms with Crippen molar-refractivity contribution in [1.82, 2.24) is 14.1 Å². The van der Waals surface area contributed by atoms with Crippen molar-refractivity contribution in [3.8, 4) is 0 Å². The van der Waals surface area contributed by atoms with Crippen LogP contribution in [-0.4, -0.2) is 47.3 Å². The molecule has 20 heavy (non-hydrogen) atoms. The molecule has 0 saturated carbocycles. The number of aryl methyl sites for hydroxylation is 1. The van der Waals surface area contributed by atoms with Crippen molar-refractivity contribution in [2.24, 2.45) is 7.05 Å². The molecule has 0 atom stereocenters. The Morgan fingerprint density at radius 3 is 2.55 bits per heavy atom. The fourth-order valence-corrected chi connectivity index (χ4v) is 3.56. The number of rotatable bonds is 9. The van der Waals surface area contributed by atoms with Gasteiger partial charge in [-0.15, -0.1) is 0 Å². The van der Waals surface area contributed by atoms with E-state index in [0.717, 1.165) is 25.7 Å². The molecule has 0 spiro atoms. The summed E-state index contributed by atoms with van der Waals surface area (Å²) in [6.07, 6.45) is 5.29. The van der Waals surface area contributed by atoms with E-state index in [4.69, 9.17) is 10.8 Å². The van der Waals surface area contributed by atoms with Crippen LogP contribution in [0.2, 0.25) is 0 Å². The minimum atomic E-state index is -3.70. The number of anilines is 1. The Hall–Kier alpha value is -1.12. The molecule has 1 heterocycles. The fourth-order valence-electron chi connectivity index (χ4n) is 2.00. The van der Waals surface area contributed by atoms with Gasteiger partial charge < -0.3 is 10.8 Å². The first-order valence-corrected chi connectivity index (χ1v) is 8.27. The fraction of sp³-hybridized carbons (Fsp3) is 0.750. The van der Waals surface area contributed by atoms with E-state index in [-0.39, 0.29) is 23.9 Å². The predicted molar refractivity (Wildman–Crippen MR) is 77.6 cm³/mol. The van der Waals surface area contributed by atoms with Gasteiger partial charge in [-0.25, -0.2) is 8.42 Å². The Balaban J connectivity index is 2.86. The first-order chi connectivity index (χ1) is 9.43. The average molecular weight is 304 g/mol. The van der Waals surface area contributed by atoms with Gasteiger partial charge >= 0.3 is 0 Å². The van der Waals surface area contributed by atoms with Crippen LogP contribution in [0.5, 0.6) is 0 Å². The first kappa shape index (κ1) is 16.9. The van der Waals surface area contributed by atoms with Crippen molar-refractivity contribution in [3.05, 3.63) is 6.20 Å². The monoisotopic (exact) mass is 304 g/mol. The second-order valence-corrected chi connectivity index (χ2v) is 6.65. The van der Waals surface area contributed by atoms with Crippen LogP contribution in [0.1, 0.15) is 32.6 Å². The van der Waals surface area contributed by atoms with Crippen LogP contribution in [0.25, 0.3) is 0 Å². The van der Waals surface area contributed by atoms with Gasteiger partial charge in [0.2, 0.25) is 10.0 Å². The Morgan fingerprint density at radius 2 is 2.05 bits per heavy atom. The zero-order chi connectivity index (χ0) is 15.2. The second-order valence-electron chi connectivity index (χ2n) is 4.74. The lowest BCUT2D eigenvalue weighted by atomic mass is 10.2. The summed E-state index contributed by atoms with van der Waals surface area (Å²) in [6.45, 7) is 2.34. The maximum atomic E-state index is 12.5. The van der Waals surface area contributed by atoms with Gasteiger partial charge in [0.15, 0.2) is 5.82 Å². The molecule has 1 aromatic heterocycles. The topological polar surface area (TPSA) is 101 Å². The Morgan fingerprint density at radius 1 is 1.35 bits per heavy atom. The van der Waals surface area contributed by atoms with Crippen molar-refractivity contribution in [2.75, 3.05) is 25.4 Å². The number of nitrogens with zero attached hydrogens (tertiary/aromatic N) is 3. The number of aliphatic hydroxyl groups is 1. The molecular weight excluding hydrogens is 280 g/mol. The number of hydrogen-bond donors (Lipinski definition) is 2. The van der Waals surface area contributed by atoms with Gasteiger partial charge in [0, 0.05) is 26.3 Å². The van der Waals surface area contributed by atoms with Crippen LogP contribution < -0.4 is 5.73 Å². The average Bonchev–Trinajstić information content (AvgIpc) is 2.73. The maximum Gasteiger partial charge on any atom is 0.248 e. The van der Waals surface area contributed by atoms with Crippen LogP contribution >= 0.6 is 0 Å². The molecule has 0 aromatic carbocycles. The van der Waals surface area contributed by atoms with Crippen molar-refractivity contribution >= 4 is 15.8 Å². The van der Waals surface area contributed by atoms with Gasteiger partial charge in [0.05, 0.1) is 6.61 Å². The molecule has 0 aliphatic heterocycles. The molecule has 8 heteroatoms. The molecule has 0 radical (unpaired) electrons. The SMILES string of the molecule is CCCCCCN(CCO)S(=O)(=O)c1cn(C)nc1N. The lowest BCUT2D eigenvalue weighted by molar-refractivity contribution is 0.251. The van der Waals surface area contributed by atoms with Gasteiger partial charge in [-0.1, -0.05) is 26.2 Å². The highest BCUT2D eigenvalue weighted by Crippen LogP contribution is 2.21. The third kappa shape index (κ3) is 4.19. The summed E-state index contributed by atoms with van der Waals surface area (Å²) in [7, 11) is -2.08. The molecule has 116 valence electrons. The van der Waals surface area contributed by atoms with E-state index in [1.54, 1.807) is 7.05 Å². The molecule has 0 amide bonds. The maximum absolute atomic E-state index is 12.5. The molecule has 3 N–H and O–H groups in total. The Labute approximate surface area is 120 Å². The molecule has 0 fully saturated rings. The largest absolute Gasteiger partial charge is 0.395 e. The normalized spacial score (nSPS) is 12.2. The van der Waals surface area contributed by atoms with E-state index in [9.17, 15) is 8.42 Å². The molecule has 0 unspecified atom stereocenters. The molecule has 0 aliphatic carbocycles. The van der Waals surface area contributed by atoms with E-state index in [1.807, 2.05) is 0 Å². The highest BCUT2D eigenvalue weighted by atomic mass is 32.2. The standard InChI is InChI=1S/C12H24N4O3S/c1-3-4-5-6-7-16(8-9-17)20(18,19)11-10-15(2)14-12(11)13/h10,17H,3-9H2,1-2H3,(H2,13,14). The number of aromatic nitrogens is 2. The Bertz CT molecular complexity index is 513. The van der Waals surface area contributed by atoms with E-state index in [2.05, 4.69) is 12.0 Å². The van der Waals surface area contributed by atoms with E-state index in [1.165, 1.54) is 15.2 Å². The van der Waals surface area contributed by atoms with Gasteiger partial charge in [-0.3, -0.25) is 4.68 Å². The minimum Gasteiger partial charge on any atom is -0.395 e. The molecule has 7 nitrogen and oxygen atoms in total. The number of sulfonamides is 1. The highest BCUT2D eigenvalue weighted by Gasteiger charge is 2.27. The van der Waals surface area contributed by atoms with Gasteiger partial charge in [-0.2, -0.15) is 9.40 Å². The van der Waals surface area contributed by atoms with Crippen molar-refractivity contribution < 1.29 is 13.5 Å². The molecule has 0 aliphatic rings. The van der Waals surface area contributed by atoms with Crippen LogP contribution in [-0.2, 0) is 17.1 Å². The smallest absolute Gasteiger partial charge is 0.248 e. The molecule has 1 rings (SSSR count). The highest BCUT2D eigenvalue weighted by molar-refractivity contribution is 7.89. The van der Waals surface area contributed by atoms with E-state index >= 15 is 0 Å². The minimum absolute atomic E-state index is 0.00365. The van der Waals surface area contributed by atoms with Crippen molar-refractivity contribution in [1.29, 1.82) is 0 Å². The van der Waals surface area contributed by atoms with Crippen LogP contribution in [0.4, 0.5) is 5.82 Å². The number of nitrogens with two attached hydrogens (primary N) is 1. The third-order valence-electron chi connectivity index (χ3n) is 3.05. The summed E-state index contributed by atoms with van der Waals surface area (Å²) in [5, 5.41) is 12.9. The third-order valence-corrected chi connectivity index (χ3v) is 4.97. The lowest BCUT2D eigenvalue weighted by Gasteiger charge is -2.20. The zero-order valence-electron chi connectivity index (χ0n) is 12.1. The number of nitrogen functional groups attached to an aromatic ring is 1. The van der Waals surface area contributed by atoms with Crippen molar-refractivity contribution in [2.45, 2.75) is 37.5 Å². The van der Waals surface area contributed by atoms with Crippen LogP contribution in [0, 0.1) is 0 Å². The second kappa shape index (κ2) is 7.61. The summed E-state index contributed by atoms with van der Waals surface area (Å²) < 4.78 is 27.6. The van der Waals surface area contributed by atoms with Crippen LogP contribution in [0.15, 0.2) is 11.1 Å². The first-order valence-electron chi connectivity index (χ1n) is 6.83. The number of aliphatic hydroxyl groups excluding tert-OH is 1. The molecule has 0 saturated heterocycles. The molecular formula is C12H24N4O3S. The quantitative estimate of drug-likeness (QED) is 0.649. The number of hydrogen-bond acceptors (Lipinski definition) is 5. The lowest BCUT2D eigenvalue weighted by Crippen LogP contribution is -2.34.